The third-order valence-electron chi connectivity index (χ3n) is 22.1. The second kappa shape index (κ2) is 24.2. The van der Waals surface area contributed by atoms with Gasteiger partial charge in [-0.2, -0.15) is 0 Å². The van der Waals surface area contributed by atoms with Crippen LogP contribution >= 0.6 is 0 Å². The van der Waals surface area contributed by atoms with Gasteiger partial charge in [0, 0.05) is 24.7 Å². The second-order valence-electron chi connectivity index (χ2n) is 27.3. The normalized spacial score (nSPS) is 52.6. The van der Waals surface area contributed by atoms with Crippen molar-refractivity contribution in [1.29, 1.82) is 0 Å². The molecule has 9 rings (SSSR count). The molecular weight excluding hydrogens is 1120 g/mol. The molecule has 0 unspecified atom stereocenters. The summed E-state index contributed by atoms with van der Waals surface area (Å²) in [5.41, 5.74) is -4.68. The van der Waals surface area contributed by atoms with E-state index >= 15 is 0 Å². The lowest BCUT2D eigenvalue weighted by Crippen LogP contribution is -2.76. The van der Waals surface area contributed by atoms with E-state index in [9.17, 15) is 86.2 Å². The van der Waals surface area contributed by atoms with Crippen LogP contribution < -0.4 is 0 Å². The van der Waals surface area contributed by atoms with E-state index in [2.05, 4.69) is 19.9 Å². The molecule has 4 saturated heterocycles. The molecule has 9 aliphatic rings. The number of hydrogen-bond acceptors (Lipinski definition) is 27. The maximum atomic E-state index is 12.9. The summed E-state index contributed by atoms with van der Waals surface area (Å²) in [6.45, 7) is 13.3. The smallest absolute Gasteiger partial charge is 0.303 e. The van der Waals surface area contributed by atoms with Gasteiger partial charge in [0.1, 0.15) is 97.7 Å². The van der Waals surface area contributed by atoms with Gasteiger partial charge in [0.25, 0.3) is 0 Å². The second-order valence-corrected chi connectivity index (χ2v) is 27.3. The number of fused-ring (bicyclic) bond motifs is 7. The molecule has 0 aromatic carbocycles. The molecule has 4 aliphatic heterocycles. The monoisotopic (exact) mass is 1210 g/mol. The van der Waals surface area contributed by atoms with Crippen LogP contribution in [0.4, 0.5) is 0 Å². The van der Waals surface area contributed by atoms with Crippen molar-refractivity contribution in [3.63, 3.8) is 0 Å². The third-order valence-corrected chi connectivity index (χ3v) is 22.1. The highest BCUT2D eigenvalue weighted by atomic mass is 16.8. The zero-order chi connectivity index (χ0) is 61.9. The number of carbonyl (C=O) groups excluding carboxylic acids is 2. The molecule has 0 spiro atoms. The number of carbonyl (C=O) groups is 2. The Bertz CT molecular complexity index is 2360. The summed E-state index contributed by atoms with van der Waals surface area (Å²) in [6, 6.07) is 0. The number of esters is 2. The minimum atomic E-state index is -2.07. The van der Waals surface area contributed by atoms with Gasteiger partial charge in [0.15, 0.2) is 31.3 Å². The molecule has 0 amide bonds. The first-order chi connectivity index (χ1) is 39.2. The lowest BCUT2D eigenvalue weighted by Gasteiger charge is -2.73. The zero-order valence-electron chi connectivity index (χ0n) is 49.1. The van der Waals surface area contributed by atoms with E-state index in [1.807, 2.05) is 34.6 Å². The van der Waals surface area contributed by atoms with Crippen molar-refractivity contribution in [2.24, 2.45) is 50.2 Å². The lowest BCUT2D eigenvalue weighted by atomic mass is 9.32. The van der Waals surface area contributed by atoms with E-state index < -0.39 is 231 Å². The largest absolute Gasteiger partial charge is 0.458 e. The first-order valence-corrected chi connectivity index (χ1v) is 29.4. The molecule has 0 aromatic rings. The van der Waals surface area contributed by atoms with Gasteiger partial charge in [-0.15, -0.1) is 0 Å². The van der Waals surface area contributed by atoms with Crippen LogP contribution in [0.25, 0.3) is 0 Å². The maximum absolute atomic E-state index is 12.9. The summed E-state index contributed by atoms with van der Waals surface area (Å²) in [5, 5.41) is 167. The Labute approximate surface area is 487 Å². The summed E-state index contributed by atoms with van der Waals surface area (Å²) >= 11 is 0. The Morgan fingerprint density at radius 3 is 1.76 bits per heavy atom. The predicted octanol–water partition coefficient (Wildman–Crippen LogP) is -3.90. The fourth-order valence-corrected chi connectivity index (χ4v) is 17.3. The highest BCUT2D eigenvalue weighted by Crippen LogP contribution is 2.76. The average Bonchev–Trinajstić information content (AvgIpc) is 0.678. The van der Waals surface area contributed by atoms with Gasteiger partial charge < -0.3 is 124 Å². The maximum Gasteiger partial charge on any atom is 0.303 e. The Kier molecular flexibility index (Phi) is 19.1. The number of ether oxygens (including phenoxy) is 10. The summed E-state index contributed by atoms with van der Waals surface area (Å²) in [7, 11) is 0. The van der Waals surface area contributed by atoms with Gasteiger partial charge in [0.05, 0.1) is 56.8 Å². The predicted molar refractivity (Wildman–Crippen MR) is 281 cm³/mol. The Hall–Kier alpha value is -2.24. The van der Waals surface area contributed by atoms with E-state index in [4.69, 9.17) is 47.4 Å². The Morgan fingerprint density at radius 1 is 0.583 bits per heavy atom. The van der Waals surface area contributed by atoms with Crippen LogP contribution in [0.3, 0.4) is 0 Å². The summed E-state index contributed by atoms with van der Waals surface area (Å²) < 4.78 is 59.7. The molecule has 0 aromatic heterocycles. The highest BCUT2D eigenvalue weighted by Gasteiger charge is 2.76. The van der Waals surface area contributed by atoms with Crippen LogP contribution in [-0.2, 0) is 57.0 Å². The lowest BCUT2D eigenvalue weighted by molar-refractivity contribution is -0.392. The minimum Gasteiger partial charge on any atom is -0.458 e. The highest BCUT2D eigenvalue weighted by molar-refractivity contribution is 5.68. The van der Waals surface area contributed by atoms with E-state index in [0.717, 1.165) is 5.57 Å². The number of aliphatic hydroxyl groups is 15. The van der Waals surface area contributed by atoms with Crippen LogP contribution in [0.15, 0.2) is 11.6 Å². The first-order valence-electron chi connectivity index (χ1n) is 29.4. The van der Waals surface area contributed by atoms with E-state index in [0.29, 0.717) is 38.5 Å². The summed E-state index contributed by atoms with van der Waals surface area (Å²) in [4.78, 5) is 25.5. The first kappa shape index (κ1) is 66.2. The molecule has 482 valence electrons. The van der Waals surface area contributed by atoms with Gasteiger partial charge in [0.2, 0.25) is 0 Å². The molecule has 8 fully saturated rings. The van der Waals surface area contributed by atoms with Gasteiger partial charge in [-0.25, -0.2) is 0 Å². The zero-order valence-corrected chi connectivity index (χ0v) is 49.1. The number of aliphatic hydroxyl groups excluding tert-OH is 15. The van der Waals surface area contributed by atoms with Gasteiger partial charge >= 0.3 is 11.9 Å². The fraction of sp³-hybridized carbons (Fsp3) is 0.930. The summed E-state index contributed by atoms with van der Waals surface area (Å²) in [5.74, 6) is -2.22. The van der Waals surface area contributed by atoms with Crippen molar-refractivity contribution in [2.45, 2.75) is 248 Å². The number of rotatable bonds is 14. The van der Waals surface area contributed by atoms with Gasteiger partial charge in [-0.1, -0.05) is 60.1 Å². The van der Waals surface area contributed by atoms with E-state index in [1.165, 1.54) is 13.8 Å². The van der Waals surface area contributed by atoms with Crippen LogP contribution in [0, 0.1) is 50.2 Å². The molecule has 4 saturated carbocycles. The van der Waals surface area contributed by atoms with Crippen molar-refractivity contribution in [3.05, 3.63) is 11.6 Å². The fourth-order valence-electron chi connectivity index (χ4n) is 17.3. The van der Waals surface area contributed by atoms with Gasteiger partial charge in [-0.05, 0) is 72.5 Å². The quantitative estimate of drug-likeness (QED) is 0.0449. The topological polar surface area (TPSA) is 430 Å². The van der Waals surface area contributed by atoms with E-state index in [-0.39, 0.29) is 11.8 Å². The number of allylic oxidation sites excluding steroid dienone is 1. The van der Waals surface area contributed by atoms with Crippen molar-refractivity contribution in [3.8, 4) is 0 Å². The molecule has 27 nitrogen and oxygen atoms in total. The molecule has 27 heteroatoms. The molecule has 4 heterocycles. The average molecular weight is 1210 g/mol. The summed E-state index contributed by atoms with van der Waals surface area (Å²) in [6.07, 6.45) is -34.3. The van der Waals surface area contributed by atoms with E-state index in [1.54, 1.807) is 0 Å². The molecule has 5 aliphatic carbocycles. The SMILES string of the molecule is CC(=O)O[C@H]1[C@H](OC(C)=O)[C@@]2(CO)[C@H](CC1(C)C)C1=CC[C@@H]3[C@@]4(C)CC[C@H](O[C@@H]5O[C@H](CO[C@@H]6OC[C@H](O)[C@H](O)[C@H]6O)[C@@H](O)[C@H](O)[C@H]5O[C@@H]5O[C@H](CO)[C@@H](O[C@@H]6O[C@H](CO)[C@@H](O)[C@H](O)[C@H]6O)[C@H](O)[C@H]5O)C(C)(C)[C@H]4CC[C@@]3(C)[C@]1(C)[C@@H](O)[C@H]2O. The van der Waals surface area contributed by atoms with Crippen LogP contribution in [0.2, 0.25) is 0 Å². The van der Waals surface area contributed by atoms with Crippen molar-refractivity contribution >= 4 is 11.9 Å². The van der Waals surface area contributed by atoms with Crippen molar-refractivity contribution < 1.29 is 134 Å². The van der Waals surface area contributed by atoms with Crippen molar-refractivity contribution in [1.82, 2.24) is 0 Å². The van der Waals surface area contributed by atoms with Crippen molar-refractivity contribution in [2.75, 3.05) is 33.0 Å². The van der Waals surface area contributed by atoms with Gasteiger partial charge in [-0.3, -0.25) is 9.59 Å². The molecule has 84 heavy (non-hydrogen) atoms. The Balaban J connectivity index is 0.992. The standard InChI is InChI=1S/C57H92O27/c1-22(61)77-46-47(78-23(2)62)57(21-60)25(16-52(46,3)4)24-10-11-31-54(7)14-13-32(53(5,6)30(54)12-15-55(31,8)56(24,9)44(73)45(57)74)82-51-43(37(68)35(66)29(81-51)20-76-48-39(70)33(64)26(63)19-75-48)84-50-41(72)38(69)42(28(18-59)80-50)83-49-40(71)36(67)34(65)27(17-58)79-49/h10,25-51,58-60,63-74H,11-21H2,1-9H3/t25-,26+,27-,28-,29-,30-,31-,32+,33+,34-,35-,36+,37+,38-,39-,40-,41-,42-,43-,44+,45-,46+,47+,48+,49+,50+,51+,54+,55-,56+,57+/m1/s1. The molecule has 0 bridgehead atoms. The molecule has 15 N–H and O–H groups in total. The molecule has 0 radical (unpaired) electrons. The molecule has 31 atom stereocenters. The Morgan fingerprint density at radius 2 is 1.14 bits per heavy atom. The number of hydrogen-bond donors (Lipinski definition) is 15. The molecular formula is C57H92O27. The van der Waals surface area contributed by atoms with Crippen LogP contribution in [0.5, 0.6) is 0 Å². The van der Waals surface area contributed by atoms with Crippen LogP contribution in [-0.4, -0.2) is 269 Å². The third kappa shape index (κ3) is 10.6. The van der Waals surface area contributed by atoms with Crippen LogP contribution in [0.1, 0.15) is 101 Å². The minimum absolute atomic E-state index is 0.122.